The number of fused-ring (bicyclic) bond motifs is 1. The van der Waals surface area contributed by atoms with Crippen molar-refractivity contribution in [3.8, 4) is 5.69 Å². The van der Waals surface area contributed by atoms with Crippen molar-refractivity contribution in [2.75, 3.05) is 11.9 Å². The molecular formula is C18H23N5O2. The Morgan fingerprint density at radius 2 is 1.96 bits per heavy atom. The van der Waals surface area contributed by atoms with Gasteiger partial charge in [0.25, 0.3) is 5.56 Å². The molecule has 25 heavy (non-hydrogen) atoms. The van der Waals surface area contributed by atoms with Crippen LogP contribution in [0.1, 0.15) is 26.7 Å². The molecule has 0 aliphatic carbocycles. The number of aliphatic hydroxyl groups excluding tert-OH is 1. The fourth-order valence-electron chi connectivity index (χ4n) is 2.96. The molecule has 132 valence electrons. The van der Waals surface area contributed by atoms with E-state index in [1.54, 1.807) is 4.68 Å². The van der Waals surface area contributed by atoms with E-state index in [9.17, 15) is 9.90 Å². The maximum atomic E-state index is 12.3. The number of aliphatic hydroxyl groups is 1. The van der Waals surface area contributed by atoms with Crippen molar-refractivity contribution in [1.29, 1.82) is 0 Å². The fraction of sp³-hybridized carbons (Fsp3) is 0.389. The van der Waals surface area contributed by atoms with Crippen molar-refractivity contribution in [1.82, 2.24) is 19.7 Å². The summed E-state index contributed by atoms with van der Waals surface area (Å²) in [6, 6.07) is 9.53. The van der Waals surface area contributed by atoms with Crippen LogP contribution < -0.4 is 10.9 Å². The fourth-order valence-corrected chi connectivity index (χ4v) is 2.96. The van der Waals surface area contributed by atoms with E-state index in [0.29, 0.717) is 23.5 Å². The molecule has 3 N–H and O–H groups in total. The highest BCUT2D eigenvalue weighted by atomic mass is 16.3. The molecular weight excluding hydrogens is 318 g/mol. The van der Waals surface area contributed by atoms with Gasteiger partial charge in [0.05, 0.1) is 18.0 Å². The molecule has 0 saturated carbocycles. The van der Waals surface area contributed by atoms with Gasteiger partial charge < -0.3 is 10.4 Å². The first kappa shape index (κ1) is 17.2. The summed E-state index contributed by atoms with van der Waals surface area (Å²) in [5.74, 6) is 0.554. The number of hydrogen-bond acceptors (Lipinski definition) is 5. The molecule has 0 fully saturated rings. The van der Waals surface area contributed by atoms with Gasteiger partial charge >= 0.3 is 0 Å². The molecule has 0 aliphatic rings. The van der Waals surface area contributed by atoms with E-state index in [0.717, 1.165) is 18.5 Å². The second-order valence-corrected chi connectivity index (χ2v) is 6.07. The zero-order chi connectivity index (χ0) is 17.8. The van der Waals surface area contributed by atoms with Crippen molar-refractivity contribution in [2.24, 2.45) is 5.92 Å². The van der Waals surface area contributed by atoms with Crippen molar-refractivity contribution in [3.63, 3.8) is 0 Å². The quantitative estimate of drug-likeness (QED) is 0.613. The second kappa shape index (κ2) is 7.48. The monoisotopic (exact) mass is 341 g/mol. The Kier molecular flexibility index (Phi) is 5.14. The van der Waals surface area contributed by atoms with E-state index in [1.807, 2.05) is 30.3 Å². The Labute approximate surface area is 145 Å². The van der Waals surface area contributed by atoms with Gasteiger partial charge in [0.1, 0.15) is 5.39 Å². The molecule has 0 spiro atoms. The lowest BCUT2D eigenvalue weighted by atomic mass is 9.97. The first-order valence-corrected chi connectivity index (χ1v) is 8.59. The molecule has 0 radical (unpaired) electrons. The van der Waals surface area contributed by atoms with E-state index in [4.69, 9.17) is 0 Å². The Morgan fingerprint density at radius 3 is 2.64 bits per heavy atom. The number of para-hydroxylation sites is 1. The third-order valence-electron chi connectivity index (χ3n) is 4.51. The van der Waals surface area contributed by atoms with Crippen LogP contribution in [0.15, 0.2) is 41.3 Å². The molecule has 0 bridgehead atoms. The van der Waals surface area contributed by atoms with Crippen LogP contribution >= 0.6 is 0 Å². The molecule has 7 heteroatoms. The third kappa shape index (κ3) is 3.56. The predicted molar refractivity (Wildman–Crippen MR) is 98.1 cm³/mol. The molecule has 2 aromatic heterocycles. The average Bonchev–Trinajstić information content (AvgIpc) is 3.06. The summed E-state index contributed by atoms with van der Waals surface area (Å²) in [5.41, 5.74) is 1.06. The van der Waals surface area contributed by atoms with E-state index >= 15 is 0 Å². The summed E-state index contributed by atoms with van der Waals surface area (Å²) in [6.07, 6.45) is 2.83. The Balaban J connectivity index is 1.89. The molecule has 7 nitrogen and oxygen atoms in total. The number of aromatic nitrogens is 4. The van der Waals surface area contributed by atoms with Crippen molar-refractivity contribution >= 4 is 17.0 Å². The zero-order valence-corrected chi connectivity index (χ0v) is 14.4. The number of benzene rings is 1. The van der Waals surface area contributed by atoms with Crippen LogP contribution in [0.2, 0.25) is 0 Å². The van der Waals surface area contributed by atoms with Gasteiger partial charge in [-0.05, 0) is 18.1 Å². The van der Waals surface area contributed by atoms with Crippen molar-refractivity contribution in [2.45, 2.75) is 32.8 Å². The molecule has 3 aromatic rings. The summed E-state index contributed by atoms with van der Waals surface area (Å²) in [6.45, 7) is 4.45. The van der Waals surface area contributed by atoms with Gasteiger partial charge in [-0.25, -0.2) is 4.68 Å². The summed E-state index contributed by atoms with van der Waals surface area (Å²) in [5, 5.41) is 18.0. The number of rotatable bonds is 7. The largest absolute Gasteiger partial charge is 0.391 e. The Hall–Kier alpha value is -2.67. The van der Waals surface area contributed by atoms with Crippen molar-refractivity contribution < 1.29 is 5.11 Å². The minimum absolute atomic E-state index is 0.220. The van der Waals surface area contributed by atoms with Crippen LogP contribution in [0.3, 0.4) is 0 Å². The van der Waals surface area contributed by atoms with Gasteiger partial charge in [-0.1, -0.05) is 44.9 Å². The molecule has 0 saturated heterocycles. The zero-order valence-electron chi connectivity index (χ0n) is 14.4. The van der Waals surface area contributed by atoms with E-state index < -0.39 is 6.10 Å². The second-order valence-electron chi connectivity index (χ2n) is 6.07. The third-order valence-corrected chi connectivity index (χ3v) is 4.51. The van der Waals surface area contributed by atoms with Crippen LogP contribution in [-0.2, 0) is 0 Å². The van der Waals surface area contributed by atoms with E-state index in [1.165, 1.54) is 6.20 Å². The van der Waals surface area contributed by atoms with E-state index in [-0.39, 0.29) is 11.5 Å². The number of nitrogens with one attached hydrogen (secondary N) is 2. The lowest BCUT2D eigenvalue weighted by molar-refractivity contribution is 0.114. The Morgan fingerprint density at radius 1 is 1.24 bits per heavy atom. The normalized spacial score (nSPS) is 12.6. The smallest absolute Gasteiger partial charge is 0.263 e. The molecule has 0 aliphatic heterocycles. The number of anilines is 1. The number of nitrogens with zero attached hydrogens (tertiary/aromatic N) is 3. The lowest BCUT2D eigenvalue weighted by Gasteiger charge is -2.20. The maximum Gasteiger partial charge on any atom is 0.263 e. The molecule has 0 amide bonds. The van der Waals surface area contributed by atoms with Gasteiger partial charge in [-0.2, -0.15) is 10.1 Å². The van der Waals surface area contributed by atoms with Crippen LogP contribution in [0.25, 0.3) is 16.7 Å². The first-order valence-electron chi connectivity index (χ1n) is 8.59. The summed E-state index contributed by atoms with van der Waals surface area (Å²) in [7, 11) is 0. The highest BCUT2D eigenvalue weighted by Gasteiger charge is 2.16. The highest BCUT2D eigenvalue weighted by Crippen LogP contribution is 2.16. The number of hydrogen-bond donors (Lipinski definition) is 3. The molecule has 1 atom stereocenters. The van der Waals surface area contributed by atoms with Crippen LogP contribution in [0.5, 0.6) is 0 Å². The van der Waals surface area contributed by atoms with Gasteiger partial charge in [-0.3, -0.25) is 9.78 Å². The van der Waals surface area contributed by atoms with Crippen LogP contribution in [0.4, 0.5) is 5.95 Å². The lowest BCUT2D eigenvalue weighted by Crippen LogP contribution is -2.29. The first-order chi connectivity index (χ1) is 12.1. The summed E-state index contributed by atoms with van der Waals surface area (Å²) >= 11 is 0. The predicted octanol–water partition coefficient (Wildman–Crippen LogP) is 2.32. The summed E-state index contributed by atoms with van der Waals surface area (Å²) in [4.78, 5) is 19.5. The summed E-state index contributed by atoms with van der Waals surface area (Å²) < 4.78 is 1.63. The molecule has 1 aromatic carbocycles. The van der Waals surface area contributed by atoms with Crippen LogP contribution in [0, 0.1) is 5.92 Å². The van der Waals surface area contributed by atoms with Gasteiger partial charge in [0, 0.05) is 6.54 Å². The Bertz CT molecular complexity index is 883. The highest BCUT2D eigenvalue weighted by molar-refractivity contribution is 5.76. The maximum absolute atomic E-state index is 12.3. The molecule has 3 rings (SSSR count). The average molecular weight is 341 g/mol. The minimum Gasteiger partial charge on any atom is -0.391 e. The SMILES string of the molecule is CCC(CC)C(O)CNc1nc2c(cnn2-c2ccccc2)c(=O)[nH]1. The molecule has 2 heterocycles. The molecule has 1 unspecified atom stereocenters. The van der Waals surface area contributed by atoms with Gasteiger partial charge in [0.2, 0.25) is 5.95 Å². The van der Waals surface area contributed by atoms with Crippen LogP contribution in [-0.4, -0.2) is 37.5 Å². The van der Waals surface area contributed by atoms with Crippen molar-refractivity contribution in [3.05, 3.63) is 46.9 Å². The standard InChI is InChI=1S/C18H23N5O2/c1-3-12(4-2)15(24)11-19-18-21-16-14(17(25)22-18)10-20-23(16)13-8-6-5-7-9-13/h5-10,12,15,24H,3-4,11H2,1-2H3,(H2,19,21,22,25). The minimum atomic E-state index is -0.491. The van der Waals surface area contributed by atoms with Gasteiger partial charge in [-0.15, -0.1) is 0 Å². The van der Waals surface area contributed by atoms with Gasteiger partial charge in [0.15, 0.2) is 5.65 Å². The topological polar surface area (TPSA) is 95.8 Å². The van der Waals surface area contributed by atoms with E-state index in [2.05, 4.69) is 34.2 Å². The number of H-pyrrole nitrogens is 1. The number of aromatic amines is 1.